The van der Waals surface area contributed by atoms with E-state index in [1.807, 2.05) is 26.5 Å². The Morgan fingerprint density at radius 1 is 1.36 bits per heavy atom. The average molecular weight is 154 g/mol. The molecule has 0 spiro atoms. The fourth-order valence-corrected chi connectivity index (χ4v) is 0.908. The van der Waals surface area contributed by atoms with Crippen LogP contribution in [0, 0.1) is 5.92 Å². The molecule has 0 amide bonds. The summed E-state index contributed by atoms with van der Waals surface area (Å²) in [4.78, 5) is 10.5. The molecule has 1 rings (SSSR count). The van der Waals surface area contributed by atoms with Gasteiger partial charge in [-0.3, -0.25) is 9.28 Å². The van der Waals surface area contributed by atoms with Crippen LogP contribution in [0.4, 0.5) is 0 Å². The van der Waals surface area contributed by atoms with Gasteiger partial charge in [0.15, 0.2) is 0 Å². The second kappa shape index (κ2) is 2.51. The van der Waals surface area contributed by atoms with Crippen molar-refractivity contribution in [2.24, 2.45) is 5.92 Å². The molecule has 0 aromatic carbocycles. The van der Waals surface area contributed by atoms with Gasteiger partial charge in [0.25, 0.3) is 0 Å². The first kappa shape index (κ1) is 8.01. The van der Waals surface area contributed by atoms with Crippen LogP contribution in [-0.4, -0.2) is 29.7 Å². The predicted molar refractivity (Wildman–Crippen MR) is 41.5 cm³/mol. The Labute approximate surface area is 65.8 Å². The molecule has 0 radical (unpaired) electrons. The van der Waals surface area contributed by atoms with E-state index in [1.54, 1.807) is 12.2 Å². The SMILES string of the molecule is C[N+]1(C)C=CC(C(=O)O)C=C1. The molecule has 3 heteroatoms. The lowest BCUT2D eigenvalue weighted by Crippen LogP contribution is -2.29. The molecule has 0 bridgehead atoms. The van der Waals surface area contributed by atoms with Crippen molar-refractivity contribution in [1.29, 1.82) is 0 Å². The molecule has 0 aromatic rings. The van der Waals surface area contributed by atoms with Crippen molar-refractivity contribution in [1.82, 2.24) is 0 Å². The number of hydrogen-bond donors (Lipinski definition) is 1. The van der Waals surface area contributed by atoms with E-state index in [-0.39, 0.29) is 0 Å². The third-order valence-corrected chi connectivity index (χ3v) is 1.64. The highest BCUT2D eigenvalue weighted by Gasteiger charge is 2.19. The lowest BCUT2D eigenvalue weighted by molar-refractivity contribution is -0.785. The van der Waals surface area contributed by atoms with Gasteiger partial charge < -0.3 is 5.11 Å². The van der Waals surface area contributed by atoms with Crippen LogP contribution in [0.1, 0.15) is 0 Å². The maximum atomic E-state index is 10.5. The van der Waals surface area contributed by atoms with Crippen LogP contribution in [0.3, 0.4) is 0 Å². The lowest BCUT2D eigenvalue weighted by atomic mass is 10.1. The Morgan fingerprint density at radius 3 is 2.18 bits per heavy atom. The standard InChI is InChI=1S/C8H11NO2/c1-9(2)5-3-7(4-6-9)8(10)11/h3-7H,1-2H3/p+1. The zero-order valence-electron chi connectivity index (χ0n) is 6.69. The van der Waals surface area contributed by atoms with Gasteiger partial charge in [0, 0.05) is 0 Å². The van der Waals surface area contributed by atoms with E-state index < -0.39 is 11.9 Å². The van der Waals surface area contributed by atoms with E-state index in [9.17, 15) is 4.79 Å². The summed E-state index contributed by atoms with van der Waals surface area (Å²) in [5, 5.41) is 8.60. The Kier molecular flexibility index (Phi) is 1.83. The Balaban J connectivity index is 2.72. The Morgan fingerprint density at radius 2 is 1.82 bits per heavy atom. The van der Waals surface area contributed by atoms with Crippen LogP contribution in [0.25, 0.3) is 0 Å². The van der Waals surface area contributed by atoms with E-state index in [0.29, 0.717) is 4.48 Å². The average Bonchev–Trinajstić information content (AvgIpc) is 1.86. The van der Waals surface area contributed by atoms with Gasteiger partial charge in [-0.15, -0.1) is 0 Å². The van der Waals surface area contributed by atoms with Crippen LogP contribution in [0.15, 0.2) is 24.6 Å². The van der Waals surface area contributed by atoms with Crippen LogP contribution in [0.5, 0.6) is 0 Å². The maximum Gasteiger partial charge on any atom is 0.314 e. The normalized spacial score (nSPS) is 22.0. The highest BCUT2D eigenvalue weighted by atomic mass is 16.4. The molecule has 0 aliphatic carbocycles. The van der Waals surface area contributed by atoms with Crippen molar-refractivity contribution < 1.29 is 14.4 Å². The van der Waals surface area contributed by atoms with Crippen molar-refractivity contribution in [2.45, 2.75) is 0 Å². The molecule has 0 atom stereocenters. The highest BCUT2D eigenvalue weighted by Crippen LogP contribution is 2.13. The van der Waals surface area contributed by atoms with Crippen LogP contribution in [-0.2, 0) is 4.79 Å². The fraction of sp³-hybridized carbons (Fsp3) is 0.375. The number of carboxylic acids is 1. The molecule has 1 aliphatic heterocycles. The Bertz CT molecular complexity index is 212. The molecule has 1 aliphatic rings. The van der Waals surface area contributed by atoms with E-state index in [1.165, 1.54) is 0 Å². The van der Waals surface area contributed by atoms with Crippen LogP contribution < -0.4 is 0 Å². The molecule has 60 valence electrons. The third kappa shape index (κ3) is 1.91. The highest BCUT2D eigenvalue weighted by molar-refractivity contribution is 5.74. The molecule has 11 heavy (non-hydrogen) atoms. The molecular formula is C8H12NO2+. The predicted octanol–water partition coefficient (Wildman–Crippen LogP) is 0.805. The van der Waals surface area contributed by atoms with Crippen LogP contribution in [0.2, 0.25) is 0 Å². The number of hydrogen-bond acceptors (Lipinski definition) is 1. The largest absolute Gasteiger partial charge is 0.481 e. The van der Waals surface area contributed by atoms with Crippen molar-refractivity contribution in [3.63, 3.8) is 0 Å². The van der Waals surface area contributed by atoms with E-state index in [0.717, 1.165) is 0 Å². The number of nitrogens with zero attached hydrogens (tertiary/aromatic N) is 1. The van der Waals surface area contributed by atoms with Crippen LogP contribution >= 0.6 is 0 Å². The van der Waals surface area contributed by atoms with Gasteiger partial charge in [-0.1, -0.05) is 0 Å². The first-order chi connectivity index (χ1) is 5.01. The molecule has 1 heterocycles. The van der Waals surface area contributed by atoms with Gasteiger partial charge in [0.1, 0.15) is 5.92 Å². The van der Waals surface area contributed by atoms with E-state index in [2.05, 4.69) is 0 Å². The molecule has 0 aromatic heterocycles. The van der Waals surface area contributed by atoms with Gasteiger partial charge in [0.05, 0.1) is 26.5 Å². The summed E-state index contributed by atoms with van der Waals surface area (Å²) >= 11 is 0. The van der Waals surface area contributed by atoms with Crippen molar-refractivity contribution >= 4 is 5.97 Å². The van der Waals surface area contributed by atoms with Crippen molar-refractivity contribution in [3.05, 3.63) is 24.6 Å². The van der Waals surface area contributed by atoms with Crippen molar-refractivity contribution in [3.8, 4) is 0 Å². The number of aliphatic carboxylic acids is 1. The van der Waals surface area contributed by atoms with E-state index in [4.69, 9.17) is 5.11 Å². The summed E-state index contributed by atoms with van der Waals surface area (Å²) < 4.78 is 0.615. The number of quaternary nitrogens is 1. The molecule has 0 saturated carbocycles. The van der Waals surface area contributed by atoms with Crippen molar-refractivity contribution in [2.75, 3.05) is 14.1 Å². The monoisotopic (exact) mass is 154 g/mol. The van der Waals surface area contributed by atoms with Gasteiger partial charge >= 0.3 is 5.97 Å². The van der Waals surface area contributed by atoms with Gasteiger partial charge in [-0.2, -0.15) is 0 Å². The summed E-state index contributed by atoms with van der Waals surface area (Å²) in [7, 11) is 3.95. The van der Waals surface area contributed by atoms with Gasteiger partial charge in [-0.05, 0) is 12.2 Å². The smallest absolute Gasteiger partial charge is 0.314 e. The fourth-order valence-electron chi connectivity index (χ4n) is 0.908. The minimum absolute atomic E-state index is 0.443. The first-order valence-electron chi connectivity index (χ1n) is 3.46. The molecule has 0 unspecified atom stereocenters. The topological polar surface area (TPSA) is 37.3 Å². The maximum absolute atomic E-state index is 10.5. The molecule has 3 nitrogen and oxygen atoms in total. The second-order valence-corrected chi connectivity index (χ2v) is 3.18. The second-order valence-electron chi connectivity index (χ2n) is 3.18. The molecule has 0 fully saturated rings. The summed E-state index contributed by atoms with van der Waals surface area (Å²) in [6.45, 7) is 0. The summed E-state index contributed by atoms with van der Waals surface area (Å²) in [5.74, 6) is -1.24. The number of carbonyl (C=O) groups is 1. The quantitative estimate of drug-likeness (QED) is 0.567. The van der Waals surface area contributed by atoms with Gasteiger partial charge in [0.2, 0.25) is 0 Å². The van der Waals surface area contributed by atoms with Gasteiger partial charge in [-0.25, -0.2) is 0 Å². The summed E-state index contributed by atoms with van der Waals surface area (Å²) in [6, 6.07) is 0. The van der Waals surface area contributed by atoms with E-state index >= 15 is 0 Å². The zero-order valence-corrected chi connectivity index (χ0v) is 6.69. The third-order valence-electron chi connectivity index (χ3n) is 1.64. The minimum atomic E-state index is -0.794. The molecule has 0 saturated heterocycles. The number of rotatable bonds is 1. The molecule has 1 N–H and O–H groups in total. The molecular weight excluding hydrogens is 142 g/mol. The Hall–Kier alpha value is -1.09. The zero-order chi connectivity index (χ0) is 8.48. The lowest BCUT2D eigenvalue weighted by Gasteiger charge is -2.22. The minimum Gasteiger partial charge on any atom is -0.481 e. The summed E-state index contributed by atoms with van der Waals surface area (Å²) in [6.07, 6.45) is 7.11. The first-order valence-corrected chi connectivity index (χ1v) is 3.46. The summed E-state index contributed by atoms with van der Waals surface area (Å²) in [5.41, 5.74) is 0. The number of carboxylic acid groups (broad SMARTS) is 1.